The normalized spacial score (nSPS) is 16.5. The van der Waals surface area contributed by atoms with Gasteiger partial charge in [-0.25, -0.2) is 0 Å². The second-order valence-corrected chi connectivity index (χ2v) is 6.13. The molecule has 0 unspecified atom stereocenters. The van der Waals surface area contributed by atoms with Crippen LogP contribution >= 0.6 is 0 Å². The van der Waals surface area contributed by atoms with Crippen LogP contribution in [0.3, 0.4) is 0 Å². The number of rotatable bonds is 8. The first-order chi connectivity index (χ1) is 10.3. The van der Waals surface area contributed by atoms with Crippen molar-refractivity contribution in [3.8, 4) is 0 Å². The zero-order valence-electron chi connectivity index (χ0n) is 13.1. The molecule has 114 valence electrons. The summed E-state index contributed by atoms with van der Waals surface area (Å²) in [6.07, 6.45) is 3.70. The molecule has 1 heterocycles. The van der Waals surface area contributed by atoms with Gasteiger partial charge in [-0.15, -0.1) is 0 Å². The molecular weight excluding hydrogens is 262 g/mol. The van der Waals surface area contributed by atoms with Crippen molar-refractivity contribution in [3.63, 3.8) is 0 Å². The van der Waals surface area contributed by atoms with Crippen LogP contribution in [0, 0.1) is 5.41 Å². The van der Waals surface area contributed by atoms with E-state index in [-0.39, 0.29) is 0 Å². The van der Waals surface area contributed by atoms with E-state index in [4.69, 9.17) is 9.84 Å². The smallest absolute Gasteiger partial charge is 0.0709 e. The number of hydrogen-bond donors (Lipinski definition) is 1. The van der Waals surface area contributed by atoms with Crippen molar-refractivity contribution in [1.29, 1.82) is 0 Å². The van der Waals surface area contributed by atoms with Gasteiger partial charge in [0, 0.05) is 32.1 Å². The van der Waals surface area contributed by atoms with Crippen LogP contribution in [0.5, 0.6) is 0 Å². The van der Waals surface area contributed by atoms with Crippen LogP contribution in [-0.4, -0.2) is 36.6 Å². The highest BCUT2D eigenvalue weighted by Gasteiger charge is 2.43. The third-order valence-electron chi connectivity index (χ3n) is 4.52. The highest BCUT2D eigenvalue weighted by Crippen LogP contribution is 2.48. The summed E-state index contributed by atoms with van der Waals surface area (Å²) in [5, 5.41) is 9.68. The molecule has 0 saturated heterocycles. The van der Waals surface area contributed by atoms with Gasteiger partial charge < -0.3 is 10.1 Å². The Balaban J connectivity index is 1.73. The number of fused-ring (bicyclic) bond motifs is 1. The number of nitrogens with one attached hydrogen (secondary N) is 1. The molecule has 1 N–H and O–H groups in total. The van der Waals surface area contributed by atoms with E-state index >= 15 is 0 Å². The van der Waals surface area contributed by atoms with Crippen molar-refractivity contribution in [2.75, 3.05) is 26.8 Å². The van der Waals surface area contributed by atoms with Crippen molar-refractivity contribution in [2.45, 2.75) is 32.7 Å². The average Bonchev–Trinajstić information content (AvgIpc) is 3.19. The Kier molecular flexibility index (Phi) is 4.27. The first-order valence-electron chi connectivity index (χ1n) is 7.92. The fourth-order valence-corrected chi connectivity index (χ4v) is 3.04. The number of aryl methyl sites for hydroxylation is 1. The molecule has 4 nitrogen and oxygen atoms in total. The molecule has 3 rings (SSSR count). The van der Waals surface area contributed by atoms with Crippen molar-refractivity contribution in [1.82, 2.24) is 15.1 Å². The van der Waals surface area contributed by atoms with E-state index in [1.165, 1.54) is 29.4 Å². The first-order valence-corrected chi connectivity index (χ1v) is 7.92. The van der Waals surface area contributed by atoms with Gasteiger partial charge in [-0.05, 0) is 37.7 Å². The van der Waals surface area contributed by atoms with E-state index in [9.17, 15) is 0 Å². The van der Waals surface area contributed by atoms with Crippen LogP contribution in [0.25, 0.3) is 10.9 Å². The van der Waals surface area contributed by atoms with Crippen LogP contribution in [0.2, 0.25) is 0 Å². The Morgan fingerprint density at radius 2 is 2.14 bits per heavy atom. The number of benzene rings is 1. The Labute approximate surface area is 126 Å². The summed E-state index contributed by atoms with van der Waals surface area (Å²) < 4.78 is 7.22. The lowest BCUT2D eigenvalue weighted by Crippen LogP contribution is -2.28. The molecule has 1 aromatic heterocycles. The van der Waals surface area contributed by atoms with Crippen molar-refractivity contribution < 1.29 is 4.74 Å². The second kappa shape index (κ2) is 6.16. The number of hydrogen-bond acceptors (Lipinski definition) is 3. The summed E-state index contributed by atoms with van der Waals surface area (Å²) in [5.74, 6) is 0. The Bertz CT molecular complexity index is 601. The van der Waals surface area contributed by atoms with Crippen LogP contribution in [0.4, 0.5) is 0 Å². The Hall–Kier alpha value is -1.39. The molecule has 21 heavy (non-hydrogen) atoms. The third kappa shape index (κ3) is 3.11. The number of methoxy groups -OCH3 is 1. The second-order valence-electron chi connectivity index (χ2n) is 6.13. The molecular formula is C17H25N3O. The van der Waals surface area contributed by atoms with Gasteiger partial charge in [0.1, 0.15) is 0 Å². The van der Waals surface area contributed by atoms with Crippen molar-refractivity contribution in [2.24, 2.45) is 5.41 Å². The summed E-state index contributed by atoms with van der Waals surface area (Å²) in [7, 11) is 1.75. The minimum atomic E-state index is 0.420. The zero-order valence-corrected chi connectivity index (χ0v) is 13.1. The predicted molar refractivity (Wildman–Crippen MR) is 85.5 cm³/mol. The van der Waals surface area contributed by atoms with Gasteiger partial charge in [0.25, 0.3) is 0 Å². The topological polar surface area (TPSA) is 39.1 Å². The molecule has 1 saturated carbocycles. The maximum atomic E-state index is 5.09. The van der Waals surface area contributed by atoms with Gasteiger partial charge in [-0.1, -0.05) is 18.2 Å². The standard InChI is InChI=1S/C17H25N3O/c1-3-20-16-7-5-4-6-14(16)15(19-20)12-17(8-9-17)13-18-10-11-21-2/h4-7,18H,3,8-13H2,1-2H3. The summed E-state index contributed by atoms with van der Waals surface area (Å²) in [6.45, 7) is 5.87. The Morgan fingerprint density at radius 3 is 2.86 bits per heavy atom. The quantitative estimate of drug-likeness (QED) is 0.759. The molecule has 0 atom stereocenters. The first kappa shape index (κ1) is 14.5. The van der Waals surface area contributed by atoms with Gasteiger partial charge >= 0.3 is 0 Å². The number of ether oxygens (including phenoxy) is 1. The highest BCUT2D eigenvalue weighted by molar-refractivity contribution is 5.82. The van der Waals surface area contributed by atoms with E-state index in [0.29, 0.717) is 5.41 Å². The molecule has 1 fully saturated rings. The minimum absolute atomic E-state index is 0.420. The number of nitrogens with zero attached hydrogens (tertiary/aromatic N) is 2. The predicted octanol–water partition coefficient (Wildman–Crippen LogP) is 2.61. The van der Waals surface area contributed by atoms with Crippen molar-refractivity contribution in [3.05, 3.63) is 30.0 Å². The van der Waals surface area contributed by atoms with Crippen LogP contribution in [-0.2, 0) is 17.7 Å². The van der Waals surface area contributed by atoms with Gasteiger partial charge in [0.15, 0.2) is 0 Å². The average molecular weight is 287 g/mol. The largest absolute Gasteiger partial charge is 0.383 e. The van der Waals surface area contributed by atoms with Crippen LogP contribution < -0.4 is 5.32 Å². The van der Waals surface area contributed by atoms with Crippen LogP contribution in [0.15, 0.2) is 24.3 Å². The SMILES string of the molecule is CCn1nc(CC2(CNCCOC)CC2)c2ccccc21. The summed E-state index contributed by atoms with van der Waals surface area (Å²) in [6, 6.07) is 8.59. The lowest BCUT2D eigenvalue weighted by atomic mass is 9.98. The molecule has 2 aromatic rings. The van der Waals surface area contributed by atoms with Gasteiger partial charge in [-0.3, -0.25) is 4.68 Å². The summed E-state index contributed by atoms with van der Waals surface area (Å²) in [4.78, 5) is 0. The zero-order chi connectivity index (χ0) is 14.7. The minimum Gasteiger partial charge on any atom is -0.383 e. The fraction of sp³-hybridized carbons (Fsp3) is 0.588. The van der Waals surface area contributed by atoms with E-state index in [1.54, 1.807) is 7.11 Å². The molecule has 0 amide bonds. The Morgan fingerprint density at radius 1 is 1.33 bits per heavy atom. The molecule has 1 aromatic carbocycles. The van der Waals surface area contributed by atoms with Gasteiger partial charge in [0.05, 0.1) is 17.8 Å². The summed E-state index contributed by atoms with van der Waals surface area (Å²) >= 11 is 0. The number of aromatic nitrogens is 2. The maximum Gasteiger partial charge on any atom is 0.0709 e. The lowest BCUT2D eigenvalue weighted by molar-refractivity contribution is 0.197. The van der Waals surface area contributed by atoms with Gasteiger partial charge in [-0.2, -0.15) is 5.10 Å². The highest BCUT2D eigenvalue weighted by atomic mass is 16.5. The van der Waals surface area contributed by atoms with Crippen molar-refractivity contribution >= 4 is 10.9 Å². The van der Waals surface area contributed by atoms with Gasteiger partial charge in [0.2, 0.25) is 0 Å². The van der Waals surface area contributed by atoms with Crippen LogP contribution in [0.1, 0.15) is 25.5 Å². The molecule has 0 radical (unpaired) electrons. The molecule has 4 heteroatoms. The number of para-hydroxylation sites is 1. The monoisotopic (exact) mass is 287 g/mol. The van der Waals surface area contributed by atoms with E-state index < -0.39 is 0 Å². The van der Waals surface area contributed by atoms with E-state index in [1.807, 2.05) is 0 Å². The molecule has 1 aliphatic carbocycles. The molecule has 0 spiro atoms. The summed E-state index contributed by atoms with van der Waals surface area (Å²) in [5.41, 5.74) is 2.94. The molecule has 1 aliphatic rings. The lowest BCUT2D eigenvalue weighted by Gasteiger charge is -2.14. The molecule has 0 aliphatic heterocycles. The van der Waals surface area contributed by atoms with E-state index in [0.717, 1.165) is 32.7 Å². The van der Waals surface area contributed by atoms with E-state index in [2.05, 4.69) is 41.2 Å². The fourth-order valence-electron chi connectivity index (χ4n) is 3.04. The maximum absolute atomic E-state index is 5.09. The molecule has 0 bridgehead atoms. The third-order valence-corrected chi connectivity index (χ3v) is 4.52.